The molecule has 0 aliphatic rings. The summed E-state index contributed by atoms with van der Waals surface area (Å²) in [5.41, 5.74) is 0.759. The number of para-hydroxylation sites is 1. The molecule has 2 aromatic heterocycles. The van der Waals surface area contributed by atoms with E-state index in [0.717, 1.165) is 10.2 Å². The molecular weight excluding hydrogens is 248 g/mol. The average molecular weight is 256 g/mol. The minimum Gasteiger partial charge on any atom is -0.421 e. The van der Waals surface area contributed by atoms with Crippen molar-refractivity contribution in [2.75, 3.05) is 0 Å². The second kappa shape index (κ2) is 4.54. The van der Waals surface area contributed by atoms with Crippen LogP contribution in [0.15, 0.2) is 48.8 Å². The summed E-state index contributed by atoms with van der Waals surface area (Å²) < 4.78 is 6.09. The summed E-state index contributed by atoms with van der Waals surface area (Å²) >= 11 is 1.28. The molecule has 0 saturated heterocycles. The topological polar surface area (TPSA) is 52.1 Å². The van der Waals surface area contributed by atoms with Crippen LogP contribution >= 0.6 is 11.3 Å². The largest absolute Gasteiger partial charge is 0.421 e. The number of carbonyl (C=O) groups is 1. The van der Waals surface area contributed by atoms with E-state index in [1.165, 1.54) is 11.3 Å². The van der Waals surface area contributed by atoms with Gasteiger partial charge in [0.15, 0.2) is 0 Å². The van der Waals surface area contributed by atoms with E-state index in [-0.39, 0.29) is 0 Å². The molecule has 0 aliphatic heterocycles. The SMILES string of the molecule is O=C(Oc1ccccc1)c1nc2ccncc2s1. The molecule has 0 N–H and O–H groups in total. The van der Waals surface area contributed by atoms with Crippen molar-refractivity contribution in [2.24, 2.45) is 0 Å². The van der Waals surface area contributed by atoms with Gasteiger partial charge in [0.25, 0.3) is 0 Å². The number of carbonyl (C=O) groups excluding carboxylic acids is 1. The Morgan fingerprint density at radius 3 is 2.78 bits per heavy atom. The average Bonchev–Trinajstić information content (AvgIpc) is 2.84. The van der Waals surface area contributed by atoms with E-state index in [1.54, 1.807) is 30.6 Å². The number of hydrogen-bond acceptors (Lipinski definition) is 5. The van der Waals surface area contributed by atoms with Crippen LogP contribution in [0.4, 0.5) is 0 Å². The molecule has 4 nitrogen and oxygen atoms in total. The fourth-order valence-corrected chi connectivity index (χ4v) is 2.32. The van der Waals surface area contributed by atoms with Crippen molar-refractivity contribution in [3.05, 3.63) is 53.8 Å². The molecule has 0 unspecified atom stereocenters. The van der Waals surface area contributed by atoms with E-state index in [9.17, 15) is 4.79 Å². The third-order valence-corrected chi connectivity index (χ3v) is 3.31. The van der Waals surface area contributed by atoms with Crippen LogP contribution in [0.5, 0.6) is 5.75 Å². The predicted octanol–water partition coefficient (Wildman–Crippen LogP) is 2.91. The number of benzene rings is 1. The smallest absolute Gasteiger partial charge is 0.372 e. The summed E-state index contributed by atoms with van der Waals surface area (Å²) in [6.45, 7) is 0. The second-order valence-electron chi connectivity index (χ2n) is 3.56. The number of esters is 1. The number of thiazole rings is 1. The summed E-state index contributed by atoms with van der Waals surface area (Å²) in [5.74, 6) is 0.0716. The Balaban J connectivity index is 1.88. The van der Waals surface area contributed by atoms with Gasteiger partial charge in [0.05, 0.1) is 10.2 Å². The minimum absolute atomic E-state index is 0.335. The summed E-state index contributed by atoms with van der Waals surface area (Å²) in [6, 6.07) is 10.7. The van der Waals surface area contributed by atoms with Crippen molar-refractivity contribution in [2.45, 2.75) is 0 Å². The Bertz CT molecular complexity index is 661. The molecule has 0 amide bonds. The number of aromatic nitrogens is 2. The van der Waals surface area contributed by atoms with Crippen molar-refractivity contribution < 1.29 is 9.53 Å². The van der Waals surface area contributed by atoms with Gasteiger partial charge in [-0.25, -0.2) is 9.78 Å². The first-order valence-corrected chi connectivity index (χ1v) is 6.12. The normalized spacial score (nSPS) is 10.4. The Morgan fingerprint density at radius 2 is 2.00 bits per heavy atom. The Kier molecular flexibility index (Phi) is 2.74. The number of pyridine rings is 1. The van der Waals surface area contributed by atoms with Gasteiger partial charge < -0.3 is 4.74 Å². The fourth-order valence-electron chi connectivity index (χ4n) is 1.51. The predicted molar refractivity (Wildman–Crippen MR) is 68.8 cm³/mol. The summed E-state index contributed by atoms with van der Waals surface area (Å²) in [7, 11) is 0. The van der Waals surface area contributed by atoms with Gasteiger partial charge in [-0.2, -0.15) is 0 Å². The summed E-state index contributed by atoms with van der Waals surface area (Å²) in [5, 5.41) is 0.335. The van der Waals surface area contributed by atoms with E-state index in [4.69, 9.17) is 4.74 Å². The maximum atomic E-state index is 11.9. The molecule has 18 heavy (non-hydrogen) atoms. The lowest BCUT2D eigenvalue weighted by atomic mass is 10.3. The zero-order valence-corrected chi connectivity index (χ0v) is 10.1. The second-order valence-corrected chi connectivity index (χ2v) is 4.60. The van der Waals surface area contributed by atoms with E-state index in [2.05, 4.69) is 9.97 Å². The number of nitrogens with zero attached hydrogens (tertiary/aromatic N) is 2. The molecule has 5 heteroatoms. The molecule has 0 aliphatic carbocycles. The van der Waals surface area contributed by atoms with Crippen LogP contribution in [0.1, 0.15) is 9.80 Å². The Morgan fingerprint density at radius 1 is 1.17 bits per heavy atom. The molecule has 0 atom stereocenters. The minimum atomic E-state index is -0.442. The number of rotatable bonds is 2. The zero-order valence-electron chi connectivity index (χ0n) is 9.24. The van der Waals surface area contributed by atoms with Crippen molar-refractivity contribution in [1.29, 1.82) is 0 Å². The highest BCUT2D eigenvalue weighted by atomic mass is 32.1. The van der Waals surface area contributed by atoms with Crippen molar-refractivity contribution in [3.63, 3.8) is 0 Å². The fraction of sp³-hybridized carbons (Fsp3) is 0. The van der Waals surface area contributed by atoms with Gasteiger partial charge in [0.1, 0.15) is 5.75 Å². The number of fused-ring (bicyclic) bond motifs is 1. The molecule has 2 heterocycles. The molecule has 0 spiro atoms. The molecular formula is C13H8N2O2S. The van der Waals surface area contributed by atoms with Crippen molar-refractivity contribution >= 4 is 27.5 Å². The molecule has 3 rings (SSSR count). The van der Waals surface area contributed by atoms with Gasteiger partial charge in [-0.1, -0.05) is 18.2 Å². The highest BCUT2D eigenvalue weighted by molar-refractivity contribution is 7.20. The van der Waals surface area contributed by atoms with Gasteiger partial charge in [-0.15, -0.1) is 11.3 Å². The van der Waals surface area contributed by atoms with E-state index >= 15 is 0 Å². The Labute approximate surface area is 107 Å². The van der Waals surface area contributed by atoms with Crippen LogP contribution in [0.25, 0.3) is 10.2 Å². The van der Waals surface area contributed by atoms with Gasteiger partial charge in [-0.3, -0.25) is 4.98 Å². The third kappa shape index (κ3) is 2.08. The van der Waals surface area contributed by atoms with Crippen LogP contribution in [0, 0.1) is 0 Å². The molecule has 88 valence electrons. The first-order chi connectivity index (χ1) is 8.83. The van der Waals surface area contributed by atoms with Crippen LogP contribution < -0.4 is 4.74 Å². The first kappa shape index (κ1) is 10.9. The van der Waals surface area contributed by atoms with Gasteiger partial charge in [0, 0.05) is 12.4 Å². The van der Waals surface area contributed by atoms with E-state index < -0.39 is 5.97 Å². The highest BCUT2D eigenvalue weighted by Crippen LogP contribution is 2.22. The van der Waals surface area contributed by atoms with Crippen LogP contribution in [-0.2, 0) is 0 Å². The lowest BCUT2D eigenvalue weighted by Gasteiger charge is -2.00. The zero-order chi connectivity index (χ0) is 12.4. The van der Waals surface area contributed by atoms with E-state index in [0.29, 0.717) is 10.8 Å². The van der Waals surface area contributed by atoms with Gasteiger partial charge >= 0.3 is 5.97 Å². The lowest BCUT2D eigenvalue weighted by Crippen LogP contribution is -2.07. The van der Waals surface area contributed by atoms with Crippen LogP contribution in [0.2, 0.25) is 0 Å². The molecule has 0 bridgehead atoms. The maximum absolute atomic E-state index is 11.9. The van der Waals surface area contributed by atoms with Crippen LogP contribution in [-0.4, -0.2) is 15.9 Å². The molecule has 1 aromatic carbocycles. The third-order valence-electron chi connectivity index (χ3n) is 2.32. The van der Waals surface area contributed by atoms with E-state index in [1.807, 2.05) is 18.2 Å². The lowest BCUT2D eigenvalue weighted by molar-refractivity contribution is 0.0734. The number of hydrogen-bond donors (Lipinski definition) is 0. The summed E-state index contributed by atoms with van der Waals surface area (Å²) in [6.07, 6.45) is 3.33. The summed E-state index contributed by atoms with van der Waals surface area (Å²) in [4.78, 5) is 20.1. The molecule has 0 radical (unpaired) electrons. The molecule has 0 saturated carbocycles. The monoisotopic (exact) mass is 256 g/mol. The molecule has 3 aromatic rings. The highest BCUT2D eigenvalue weighted by Gasteiger charge is 2.14. The van der Waals surface area contributed by atoms with Crippen molar-refractivity contribution in [1.82, 2.24) is 9.97 Å². The van der Waals surface area contributed by atoms with Crippen LogP contribution in [0.3, 0.4) is 0 Å². The van der Waals surface area contributed by atoms with Gasteiger partial charge in [-0.05, 0) is 18.2 Å². The maximum Gasteiger partial charge on any atom is 0.372 e. The molecule has 0 fully saturated rings. The quantitative estimate of drug-likeness (QED) is 0.522. The van der Waals surface area contributed by atoms with Gasteiger partial charge in [0.2, 0.25) is 5.01 Å². The Hall–Kier alpha value is -2.27. The standard InChI is InChI=1S/C13H8N2O2S/c16-13(17-9-4-2-1-3-5-9)12-15-10-6-7-14-8-11(10)18-12/h1-8H. The number of ether oxygens (including phenoxy) is 1. The van der Waals surface area contributed by atoms with Crippen molar-refractivity contribution in [3.8, 4) is 5.75 Å². The first-order valence-electron chi connectivity index (χ1n) is 5.31.